The molecule has 13 aromatic rings. The Balaban J connectivity index is 1.18. The number of para-hydroxylation sites is 2. The predicted octanol–water partition coefficient (Wildman–Crippen LogP) is 14.1. The highest BCUT2D eigenvalue weighted by Gasteiger charge is 2.25. The maximum atomic E-state index is 6.75. The molecule has 0 aliphatic heterocycles. The zero-order valence-corrected chi connectivity index (χ0v) is 31.4. The van der Waals surface area contributed by atoms with Crippen LogP contribution in [0.15, 0.2) is 191 Å². The predicted molar refractivity (Wildman–Crippen MR) is 240 cm³/mol. The molecule has 0 aliphatic carbocycles. The Bertz CT molecular complexity index is 3860. The van der Waals surface area contributed by atoms with Crippen LogP contribution in [0.4, 0.5) is 0 Å². The Morgan fingerprint density at radius 1 is 0.339 bits per heavy atom. The van der Waals surface area contributed by atoms with Gasteiger partial charge in [-0.3, -0.25) is 0 Å². The quantitative estimate of drug-likeness (QED) is 0.179. The molecule has 6 nitrogen and oxygen atoms in total. The number of fused-ring (bicyclic) bond motifs is 11. The van der Waals surface area contributed by atoms with Crippen molar-refractivity contribution in [1.29, 1.82) is 0 Å². The lowest BCUT2D eigenvalue weighted by molar-refractivity contribution is 0.668. The number of nitrogens with zero attached hydrogens (tertiary/aromatic N) is 4. The Hall–Kier alpha value is -8.09. The molecule has 0 amide bonds. The summed E-state index contributed by atoms with van der Waals surface area (Å²) < 4.78 is 15.4. The van der Waals surface area contributed by atoms with Crippen LogP contribution in [-0.2, 0) is 0 Å². The molecule has 0 radical (unpaired) electrons. The number of rotatable bonds is 4. The van der Waals surface area contributed by atoms with Crippen LogP contribution in [0, 0.1) is 0 Å². The molecular weight excluding hydrogens is 725 g/mol. The zero-order valence-electron chi connectivity index (χ0n) is 31.4. The van der Waals surface area contributed by atoms with Gasteiger partial charge in [0.05, 0.1) is 22.3 Å². The van der Waals surface area contributed by atoms with Gasteiger partial charge in [-0.15, -0.1) is 0 Å². The molecule has 4 aromatic heterocycles. The normalized spacial score (nSPS) is 12.1. The first-order valence-corrected chi connectivity index (χ1v) is 19.8. The first kappa shape index (κ1) is 32.0. The van der Waals surface area contributed by atoms with Crippen LogP contribution in [0.1, 0.15) is 0 Å². The van der Waals surface area contributed by atoms with Crippen LogP contribution in [0.5, 0.6) is 0 Å². The summed E-state index contributed by atoms with van der Waals surface area (Å²) in [5.74, 6) is 1.70. The smallest absolute Gasteiger partial charge is 0.166 e. The molecule has 274 valence electrons. The molecular formula is C53H30N4O2. The number of benzene rings is 9. The molecule has 9 aromatic carbocycles. The maximum absolute atomic E-state index is 6.75. The van der Waals surface area contributed by atoms with Crippen molar-refractivity contribution in [2.24, 2.45) is 0 Å². The van der Waals surface area contributed by atoms with E-state index in [1.165, 1.54) is 21.5 Å². The van der Waals surface area contributed by atoms with E-state index in [0.29, 0.717) is 17.5 Å². The van der Waals surface area contributed by atoms with Gasteiger partial charge in [-0.1, -0.05) is 115 Å². The molecule has 4 heterocycles. The van der Waals surface area contributed by atoms with Crippen LogP contribution in [-0.4, -0.2) is 19.5 Å². The molecule has 0 spiro atoms. The van der Waals surface area contributed by atoms with Gasteiger partial charge in [0, 0.05) is 43.4 Å². The lowest BCUT2D eigenvalue weighted by atomic mass is 10.0. The fraction of sp³-hybridized carbons (Fsp3) is 0. The molecule has 0 saturated heterocycles. The van der Waals surface area contributed by atoms with Gasteiger partial charge in [-0.05, 0) is 88.3 Å². The Labute approximate surface area is 336 Å². The largest absolute Gasteiger partial charge is 0.456 e. The molecule has 0 unspecified atom stereocenters. The van der Waals surface area contributed by atoms with Crippen molar-refractivity contribution in [1.82, 2.24) is 19.5 Å². The lowest BCUT2D eigenvalue weighted by Crippen LogP contribution is -2.04. The SMILES string of the molecule is c1ccc(-c2nc(-c3ccc4oc5ccccc5c4c3)nc(-c3c(-n4c5ccccc5c5cc6ccccc6cc54)ccc4oc5cc6ccccc6cc5c34)n2)cc1. The summed E-state index contributed by atoms with van der Waals surface area (Å²) in [5.41, 5.74) is 8.98. The van der Waals surface area contributed by atoms with Gasteiger partial charge in [0.2, 0.25) is 0 Å². The highest BCUT2D eigenvalue weighted by atomic mass is 16.3. The van der Waals surface area contributed by atoms with Crippen LogP contribution >= 0.6 is 0 Å². The third kappa shape index (κ3) is 4.84. The third-order valence-electron chi connectivity index (χ3n) is 11.8. The van der Waals surface area contributed by atoms with E-state index in [4.69, 9.17) is 23.8 Å². The number of hydrogen-bond donors (Lipinski definition) is 0. The van der Waals surface area contributed by atoms with Crippen molar-refractivity contribution in [3.63, 3.8) is 0 Å². The van der Waals surface area contributed by atoms with Crippen molar-refractivity contribution in [3.8, 4) is 39.9 Å². The van der Waals surface area contributed by atoms with E-state index in [1.807, 2.05) is 48.5 Å². The highest BCUT2D eigenvalue weighted by Crippen LogP contribution is 2.44. The summed E-state index contributed by atoms with van der Waals surface area (Å²) >= 11 is 0. The fourth-order valence-corrected chi connectivity index (χ4v) is 9.07. The van der Waals surface area contributed by atoms with Gasteiger partial charge in [0.1, 0.15) is 22.3 Å². The van der Waals surface area contributed by atoms with Crippen LogP contribution in [0.25, 0.3) is 127 Å². The molecule has 0 aliphatic rings. The van der Waals surface area contributed by atoms with Crippen molar-refractivity contribution >= 4 is 87.2 Å². The van der Waals surface area contributed by atoms with Crippen LogP contribution < -0.4 is 0 Å². The minimum atomic E-state index is 0.550. The second-order valence-corrected chi connectivity index (χ2v) is 15.2. The van der Waals surface area contributed by atoms with E-state index < -0.39 is 0 Å². The number of furan rings is 2. The van der Waals surface area contributed by atoms with Crippen LogP contribution in [0.2, 0.25) is 0 Å². The minimum absolute atomic E-state index is 0.550. The lowest BCUT2D eigenvalue weighted by Gasteiger charge is -2.16. The minimum Gasteiger partial charge on any atom is -0.456 e. The molecule has 6 heteroatoms. The topological polar surface area (TPSA) is 69.9 Å². The number of aromatic nitrogens is 4. The van der Waals surface area contributed by atoms with E-state index in [1.54, 1.807) is 0 Å². The van der Waals surface area contributed by atoms with Crippen molar-refractivity contribution < 1.29 is 8.83 Å². The Kier molecular flexibility index (Phi) is 6.63. The molecule has 59 heavy (non-hydrogen) atoms. The summed E-state index contributed by atoms with van der Waals surface area (Å²) in [6, 6.07) is 63.3. The zero-order chi connectivity index (χ0) is 38.6. The van der Waals surface area contributed by atoms with E-state index >= 15 is 0 Å². The van der Waals surface area contributed by atoms with Gasteiger partial charge in [-0.25, -0.2) is 15.0 Å². The second-order valence-electron chi connectivity index (χ2n) is 15.2. The Morgan fingerprint density at radius 3 is 1.75 bits per heavy atom. The molecule has 0 fully saturated rings. The van der Waals surface area contributed by atoms with E-state index in [-0.39, 0.29) is 0 Å². The van der Waals surface area contributed by atoms with Gasteiger partial charge in [0.15, 0.2) is 17.5 Å². The van der Waals surface area contributed by atoms with Crippen molar-refractivity contribution in [2.75, 3.05) is 0 Å². The highest BCUT2D eigenvalue weighted by molar-refractivity contribution is 6.19. The van der Waals surface area contributed by atoms with E-state index in [9.17, 15) is 0 Å². The first-order chi connectivity index (χ1) is 29.2. The molecule has 0 atom stereocenters. The number of hydrogen-bond acceptors (Lipinski definition) is 5. The summed E-state index contributed by atoms with van der Waals surface area (Å²) in [7, 11) is 0. The summed E-state index contributed by atoms with van der Waals surface area (Å²) in [5, 5.41) is 11.0. The summed E-state index contributed by atoms with van der Waals surface area (Å²) in [6.07, 6.45) is 0. The third-order valence-corrected chi connectivity index (χ3v) is 11.8. The standard InChI is InChI=1S/C53H30N4O2/c1-2-12-31(13-3-1)51-54-52(36-22-24-46-40(28-36)38-19-9-11-21-45(38)58-46)56-53(55-51)50-43(23-25-47-49(50)41-27-33-15-5-7-17-35(33)30-48(41)59-47)57-42-20-10-8-18-37(42)39-26-32-14-4-6-16-34(32)29-44(39)57/h1-30H. The molecule has 0 saturated carbocycles. The molecule has 13 rings (SSSR count). The first-order valence-electron chi connectivity index (χ1n) is 19.8. The van der Waals surface area contributed by atoms with Crippen molar-refractivity contribution in [3.05, 3.63) is 182 Å². The van der Waals surface area contributed by atoms with E-state index in [0.717, 1.165) is 88.1 Å². The van der Waals surface area contributed by atoms with Crippen LogP contribution in [0.3, 0.4) is 0 Å². The van der Waals surface area contributed by atoms with Gasteiger partial charge in [0.25, 0.3) is 0 Å². The second kappa shape index (κ2) is 12.2. The maximum Gasteiger partial charge on any atom is 0.166 e. The monoisotopic (exact) mass is 754 g/mol. The van der Waals surface area contributed by atoms with Gasteiger partial charge >= 0.3 is 0 Å². The fourth-order valence-electron chi connectivity index (χ4n) is 9.07. The summed E-state index contributed by atoms with van der Waals surface area (Å²) in [6.45, 7) is 0. The summed E-state index contributed by atoms with van der Waals surface area (Å²) in [4.78, 5) is 16.0. The Morgan fingerprint density at radius 2 is 0.932 bits per heavy atom. The van der Waals surface area contributed by atoms with Gasteiger partial charge in [-0.2, -0.15) is 0 Å². The van der Waals surface area contributed by atoms with E-state index in [2.05, 4.69) is 138 Å². The van der Waals surface area contributed by atoms with Gasteiger partial charge < -0.3 is 13.4 Å². The average Bonchev–Trinajstić information content (AvgIpc) is 3.96. The average molecular weight is 755 g/mol. The van der Waals surface area contributed by atoms with Crippen molar-refractivity contribution in [2.45, 2.75) is 0 Å². The molecule has 0 N–H and O–H groups in total. The molecule has 0 bridgehead atoms.